The van der Waals surface area contributed by atoms with E-state index < -0.39 is 41.4 Å². The first-order valence-electron chi connectivity index (χ1n) is 9.00. The molecule has 0 radical (unpaired) electrons. The van der Waals surface area contributed by atoms with Gasteiger partial charge in [0.25, 0.3) is 0 Å². The standard InChI is InChI=1S/C21H15F3N4O2/c22-13-2-4-15(23)17(6-13)27-20(29)8-21(30)7-18(28-11-26-10-19(21)28)14-3-1-12(9-25)5-16(14)24/h1-6,10-11,18,30H,7-8H2,(H,27,29). The van der Waals surface area contributed by atoms with E-state index in [1.165, 1.54) is 24.7 Å². The van der Waals surface area contributed by atoms with Crippen molar-refractivity contribution in [3.8, 4) is 6.07 Å². The highest BCUT2D eigenvalue weighted by Crippen LogP contribution is 2.45. The fraction of sp³-hybridized carbons (Fsp3) is 0.190. The lowest BCUT2D eigenvalue weighted by Gasteiger charge is -2.22. The van der Waals surface area contributed by atoms with Gasteiger partial charge in [0, 0.05) is 18.1 Å². The number of halogens is 3. The number of rotatable bonds is 4. The average Bonchev–Trinajstić information content (AvgIpc) is 3.28. The first-order chi connectivity index (χ1) is 14.3. The van der Waals surface area contributed by atoms with Crippen LogP contribution in [0.4, 0.5) is 18.9 Å². The van der Waals surface area contributed by atoms with Crippen LogP contribution in [-0.2, 0) is 10.4 Å². The van der Waals surface area contributed by atoms with Crippen LogP contribution >= 0.6 is 0 Å². The zero-order chi connectivity index (χ0) is 21.5. The molecular weight excluding hydrogens is 397 g/mol. The minimum atomic E-state index is -1.70. The van der Waals surface area contributed by atoms with Gasteiger partial charge < -0.3 is 15.0 Å². The number of benzene rings is 2. The highest BCUT2D eigenvalue weighted by Gasteiger charge is 2.45. The Kier molecular flexibility index (Phi) is 4.79. The number of hydrogen-bond donors (Lipinski definition) is 2. The summed E-state index contributed by atoms with van der Waals surface area (Å²) in [5.74, 6) is -2.89. The number of imidazole rings is 1. The fourth-order valence-electron chi connectivity index (χ4n) is 3.78. The number of nitrogens with one attached hydrogen (secondary N) is 1. The maximum atomic E-state index is 14.6. The maximum Gasteiger partial charge on any atom is 0.227 e. The van der Waals surface area contributed by atoms with Crippen LogP contribution in [0.2, 0.25) is 0 Å². The third-order valence-corrected chi connectivity index (χ3v) is 5.15. The summed E-state index contributed by atoms with van der Waals surface area (Å²) in [4.78, 5) is 16.4. The van der Waals surface area contributed by atoms with Gasteiger partial charge in [-0.15, -0.1) is 0 Å². The molecule has 2 atom stereocenters. The lowest BCUT2D eigenvalue weighted by molar-refractivity contribution is -0.121. The van der Waals surface area contributed by atoms with Crippen molar-refractivity contribution in [1.82, 2.24) is 9.55 Å². The maximum absolute atomic E-state index is 14.6. The molecule has 1 aliphatic rings. The Morgan fingerprint density at radius 3 is 2.80 bits per heavy atom. The van der Waals surface area contributed by atoms with Gasteiger partial charge in [0.15, 0.2) is 0 Å². The van der Waals surface area contributed by atoms with Crippen molar-refractivity contribution >= 4 is 11.6 Å². The van der Waals surface area contributed by atoms with E-state index in [2.05, 4.69) is 10.3 Å². The van der Waals surface area contributed by atoms with Crippen LogP contribution in [0.3, 0.4) is 0 Å². The van der Waals surface area contributed by atoms with Crippen LogP contribution in [0.1, 0.15) is 35.7 Å². The zero-order valence-corrected chi connectivity index (χ0v) is 15.4. The van der Waals surface area contributed by atoms with Gasteiger partial charge in [-0.1, -0.05) is 6.07 Å². The molecule has 9 heteroatoms. The van der Waals surface area contributed by atoms with Crippen molar-refractivity contribution in [2.24, 2.45) is 0 Å². The fourth-order valence-corrected chi connectivity index (χ4v) is 3.78. The Labute approximate surface area is 169 Å². The normalized spacial score (nSPS) is 19.9. The van der Waals surface area contributed by atoms with Gasteiger partial charge in [-0.2, -0.15) is 5.26 Å². The van der Waals surface area contributed by atoms with E-state index in [9.17, 15) is 23.1 Å². The molecule has 2 unspecified atom stereocenters. The number of amides is 1. The summed E-state index contributed by atoms with van der Waals surface area (Å²) >= 11 is 0. The number of carbonyl (C=O) groups excluding carboxylic acids is 1. The first kappa shape index (κ1) is 19.7. The Morgan fingerprint density at radius 1 is 1.27 bits per heavy atom. The third kappa shape index (κ3) is 3.42. The van der Waals surface area contributed by atoms with Crippen molar-refractivity contribution in [2.75, 3.05) is 5.32 Å². The van der Waals surface area contributed by atoms with E-state index in [0.29, 0.717) is 5.69 Å². The van der Waals surface area contributed by atoms with Gasteiger partial charge in [0.05, 0.1) is 48.0 Å². The van der Waals surface area contributed by atoms with Crippen LogP contribution in [0, 0.1) is 28.8 Å². The molecule has 1 aromatic heterocycles. The van der Waals surface area contributed by atoms with Gasteiger partial charge in [-0.25, -0.2) is 18.2 Å². The SMILES string of the molecule is N#Cc1ccc(C2CC(O)(CC(=O)Nc3cc(F)ccc3F)c3cncn32)c(F)c1. The quantitative estimate of drug-likeness (QED) is 0.687. The molecule has 2 N–H and O–H groups in total. The van der Waals surface area contributed by atoms with E-state index in [1.54, 1.807) is 4.57 Å². The van der Waals surface area contributed by atoms with Crippen LogP contribution in [0.25, 0.3) is 0 Å². The number of aromatic nitrogens is 2. The molecule has 1 aliphatic heterocycles. The molecule has 0 spiro atoms. The molecule has 30 heavy (non-hydrogen) atoms. The molecule has 0 aliphatic carbocycles. The van der Waals surface area contributed by atoms with E-state index >= 15 is 0 Å². The second kappa shape index (κ2) is 7.31. The number of nitrogens with zero attached hydrogens (tertiary/aromatic N) is 3. The highest BCUT2D eigenvalue weighted by atomic mass is 19.1. The van der Waals surface area contributed by atoms with E-state index in [4.69, 9.17) is 5.26 Å². The molecule has 6 nitrogen and oxygen atoms in total. The molecule has 4 rings (SSSR count). The largest absolute Gasteiger partial charge is 0.383 e. The molecule has 3 aromatic rings. The van der Waals surface area contributed by atoms with E-state index in [1.807, 2.05) is 6.07 Å². The Balaban J connectivity index is 1.60. The summed E-state index contributed by atoms with van der Waals surface area (Å²) in [6.07, 6.45) is 2.28. The average molecular weight is 412 g/mol. The lowest BCUT2D eigenvalue weighted by atomic mass is 9.89. The molecule has 0 bridgehead atoms. The van der Waals surface area contributed by atoms with E-state index in [-0.39, 0.29) is 23.2 Å². The molecule has 1 amide bonds. The number of carbonyl (C=O) groups is 1. The van der Waals surface area contributed by atoms with E-state index in [0.717, 1.165) is 24.3 Å². The minimum Gasteiger partial charge on any atom is -0.383 e. The first-order valence-corrected chi connectivity index (χ1v) is 9.00. The summed E-state index contributed by atoms with van der Waals surface area (Å²) in [5, 5.41) is 22.3. The topological polar surface area (TPSA) is 90.9 Å². The zero-order valence-electron chi connectivity index (χ0n) is 15.4. The molecule has 2 aromatic carbocycles. The summed E-state index contributed by atoms with van der Waals surface area (Å²) in [5.41, 5.74) is -1.35. The predicted molar refractivity (Wildman–Crippen MR) is 99.6 cm³/mol. The monoisotopic (exact) mass is 412 g/mol. The van der Waals surface area contributed by atoms with Gasteiger partial charge >= 0.3 is 0 Å². The van der Waals surface area contributed by atoms with Crippen molar-refractivity contribution in [3.63, 3.8) is 0 Å². The third-order valence-electron chi connectivity index (χ3n) is 5.15. The number of fused-ring (bicyclic) bond motifs is 1. The molecule has 2 heterocycles. The molecule has 0 saturated carbocycles. The molecular formula is C21H15F3N4O2. The highest BCUT2D eigenvalue weighted by molar-refractivity contribution is 5.91. The predicted octanol–water partition coefficient (Wildman–Crippen LogP) is 3.38. The second-order valence-electron chi connectivity index (χ2n) is 7.13. The number of aliphatic hydroxyl groups is 1. The number of nitriles is 1. The molecule has 0 fully saturated rings. The Morgan fingerprint density at radius 2 is 2.07 bits per heavy atom. The van der Waals surface area contributed by atoms with Crippen molar-refractivity contribution < 1.29 is 23.1 Å². The Hall–Kier alpha value is -3.64. The lowest BCUT2D eigenvalue weighted by Crippen LogP contribution is -2.30. The smallest absolute Gasteiger partial charge is 0.227 e. The minimum absolute atomic E-state index is 0.0350. The van der Waals surface area contributed by atoms with Crippen LogP contribution < -0.4 is 5.32 Å². The summed E-state index contributed by atoms with van der Waals surface area (Å²) in [6, 6.07) is 7.86. The second-order valence-corrected chi connectivity index (χ2v) is 7.13. The van der Waals surface area contributed by atoms with Crippen LogP contribution in [0.15, 0.2) is 48.9 Å². The van der Waals surface area contributed by atoms with Gasteiger partial charge in [-0.05, 0) is 24.3 Å². The van der Waals surface area contributed by atoms with Crippen molar-refractivity contribution in [1.29, 1.82) is 5.26 Å². The molecule has 152 valence electrons. The van der Waals surface area contributed by atoms with Crippen LogP contribution in [0.5, 0.6) is 0 Å². The number of hydrogen-bond acceptors (Lipinski definition) is 4. The summed E-state index contributed by atoms with van der Waals surface area (Å²) in [7, 11) is 0. The Bertz CT molecular complexity index is 1190. The van der Waals surface area contributed by atoms with Gasteiger partial charge in [0.1, 0.15) is 23.1 Å². The summed E-state index contributed by atoms with van der Waals surface area (Å²) in [6.45, 7) is 0. The molecule has 0 saturated heterocycles. The van der Waals surface area contributed by atoms with Gasteiger partial charge in [-0.3, -0.25) is 4.79 Å². The van der Waals surface area contributed by atoms with Crippen LogP contribution in [-0.4, -0.2) is 20.6 Å². The van der Waals surface area contributed by atoms with Crippen molar-refractivity contribution in [3.05, 3.63) is 83.2 Å². The van der Waals surface area contributed by atoms with Gasteiger partial charge in [0.2, 0.25) is 5.91 Å². The number of anilines is 1. The van der Waals surface area contributed by atoms with Crippen molar-refractivity contribution in [2.45, 2.75) is 24.5 Å². The summed E-state index contributed by atoms with van der Waals surface area (Å²) < 4.78 is 43.2.